The Morgan fingerprint density at radius 1 is 1.39 bits per heavy atom. The number of nitrogen functional groups attached to an aromatic ring is 1. The van der Waals surface area contributed by atoms with Crippen LogP contribution in [-0.2, 0) is 0 Å². The summed E-state index contributed by atoms with van der Waals surface area (Å²) in [6, 6.07) is 8.47. The van der Waals surface area contributed by atoms with E-state index >= 15 is 0 Å². The van der Waals surface area contributed by atoms with Gasteiger partial charge in [0.1, 0.15) is 5.75 Å². The summed E-state index contributed by atoms with van der Waals surface area (Å²) in [5.74, 6) is 0.212. The van der Waals surface area contributed by atoms with Crippen molar-refractivity contribution >= 4 is 27.4 Å². The van der Waals surface area contributed by atoms with Gasteiger partial charge in [0.15, 0.2) is 5.69 Å². The monoisotopic (exact) mass is 306 g/mol. The second-order valence-electron chi connectivity index (χ2n) is 3.62. The van der Waals surface area contributed by atoms with Gasteiger partial charge >= 0.3 is 0 Å². The number of ether oxygens (including phenoxy) is 1. The van der Waals surface area contributed by atoms with Gasteiger partial charge in [-0.1, -0.05) is 15.9 Å². The fourth-order valence-electron chi connectivity index (χ4n) is 1.57. The van der Waals surface area contributed by atoms with E-state index in [1.165, 1.54) is 7.11 Å². The maximum Gasteiger partial charge on any atom is 0.216 e. The van der Waals surface area contributed by atoms with Gasteiger partial charge in [-0.05, 0) is 30.3 Å². The molecule has 0 bridgehead atoms. The number of methoxy groups -OCH3 is 1. The highest BCUT2D eigenvalue weighted by molar-refractivity contribution is 9.10. The number of carbonyl (C=O) groups is 1. The average molecular weight is 307 g/mol. The van der Waals surface area contributed by atoms with E-state index in [1.807, 2.05) is 0 Å². The van der Waals surface area contributed by atoms with Gasteiger partial charge in [0, 0.05) is 21.9 Å². The average Bonchev–Trinajstić information content (AvgIpc) is 2.40. The molecule has 5 heteroatoms. The van der Waals surface area contributed by atoms with Crippen molar-refractivity contribution in [2.75, 3.05) is 12.8 Å². The third kappa shape index (κ3) is 2.36. The van der Waals surface area contributed by atoms with Crippen LogP contribution in [0.5, 0.6) is 5.75 Å². The molecule has 0 unspecified atom stereocenters. The Morgan fingerprint density at radius 3 is 2.89 bits per heavy atom. The van der Waals surface area contributed by atoms with Crippen molar-refractivity contribution in [1.82, 2.24) is 4.98 Å². The van der Waals surface area contributed by atoms with E-state index in [1.54, 1.807) is 36.5 Å². The molecule has 2 aromatic rings. The van der Waals surface area contributed by atoms with E-state index in [9.17, 15) is 4.79 Å². The van der Waals surface area contributed by atoms with Crippen molar-refractivity contribution < 1.29 is 9.53 Å². The van der Waals surface area contributed by atoms with Crippen LogP contribution in [0.15, 0.2) is 41.0 Å². The first-order chi connectivity index (χ1) is 8.63. The zero-order chi connectivity index (χ0) is 13.1. The first-order valence-corrected chi connectivity index (χ1v) is 6.01. The molecule has 0 saturated carbocycles. The molecule has 0 fully saturated rings. The molecule has 0 radical (unpaired) electrons. The Balaban J connectivity index is 2.51. The highest BCUT2D eigenvalue weighted by atomic mass is 79.9. The topological polar surface area (TPSA) is 65.2 Å². The molecule has 1 heterocycles. The molecule has 2 rings (SSSR count). The summed E-state index contributed by atoms with van der Waals surface area (Å²) >= 11 is 3.33. The Kier molecular flexibility index (Phi) is 3.62. The predicted octanol–water partition coefficient (Wildman–Crippen LogP) is 2.67. The number of halogens is 1. The summed E-state index contributed by atoms with van der Waals surface area (Å²) in [6.45, 7) is 0. The lowest BCUT2D eigenvalue weighted by Gasteiger charge is -2.08. The molecule has 18 heavy (non-hydrogen) atoms. The highest BCUT2D eigenvalue weighted by Gasteiger charge is 2.18. The van der Waals surface area contributed by atoms with Crippen LogP contribution in [-0.4, -0.2) is 17.9 Å². The van der Waals surface area contributed by atoms with Crippen molar-refractivity contribution in [2.24, 2.45) is 0 Å². The number of aromatic nitrogens is 1. The molecule has 0 aliphatic heterocycles. The van der Waals surface area contributed by atoms with E-state index < -0.39 is 0 Å². The van der Waals surface area contributed by atoms with Crippen LogP contribution >= 0.6 is 15.9 Å². The molecule has 0 spiro atoms. The van der Waals surface area contributed by atoms with E-state index in [0.29, 0.717) is 21.5 Å². The van der Waals surface area contributed by atoms with E-state index in [4.69, 9.17) is 10.5 Å². The second kappa shape index (κ2) is 5.18. The van der Waals surface area contributed by atoms with Crippen molar-refractivity contribution in [2.45, 2.75) is 0 Å². The van der Waals surface area contributed by atoms with Gasteiger partial charge in [-0.2, -0.15) is 0 Å². The lowest BCUT2D eigenvalue weighted by molar-refractivity contribution is 0.103. The molecule has 0 saturated heterocycles. The van der Waals surface area contributed by atoms with Crippen molar-refractivity contribution in [3.8, 4) is 5.75 Å². The lowest BCUT2D eigenvalue weighted by Crippen LogP contribution is -2.07. The summed E-state index contributed by atoms with van der Waals surface area (Å²) in [6.07, 6.45) is 1.55. The van der Waals surface area contributed by atoms with Crippen molar-refractivity contribution in [3.63, 3.8) is 0 Å². The second-order valence-corrected chi connectivity index (χ2v) is 4.48. The Labute approximate surface area is 113 Å². The number of hydrogen-bond acceptors (Lipinski definition) is 4. The molecule has 0 amide bonds. The summed E-state index contributed by atoms with van der Waals surface area (Å²) in [4.78, 5) is 16.4. The number of ketones is 1. The summed E-state index contributed by atoms with van der Waals surface area (Å²) in [5, 5.41) is 0. The van der Waals surface area contributed by atoms with Gasteiger partial charge in [0.2, 0.25) is 5.78 Å². The third-order valence-electron chi connectivity index (χ3n) is 2.44. The molecule has 4 nitrogen and oxygen atoms in total. The summed E-state index contributed by atoms with van der Waals surface area (Å²) < 4.78 is 5.80. The molecule has 0 atom stereocenters. The number of nitrogens with two attached hydrogens (primary N) is 1. The minimum absolute atomic E-state index is 0.230. The van der Waals surface area contributed by atoms with E-state index in [0.717, 1.165) is 0 Å². The Morgan fingerprint density at radius 2 is 2.17 bits per heavy atom. The molecule has 1 aromatic carbocycles. The van der Waals surface area contributed by atoms with Gasteiger partial charge in [-0.15, -0.1) is 0 Å². The SMILES string of the molecule is COc1cccnc1C(=O)c1cc(N)ccc1Br. The van der Waals surface area contributed by atoms with Gasteiger partial charge in [-0.25, -0.2) is 4.98 Å². The quantitative estimate of drug-likeness (QED) is 0.699. The normalized spacial score (nSPS) is 10.1. The fraction of sp³-hybridized carbons (Fsp3) is 0.0769. The number of carbonyl (C=O) groups excluding carboxylic acids is 1. The maximum absolute atomic E-state index is 12.4. The predicted molar refractivity (Wildman–Crippen MR) is 72.8 cm³/mol. The summed E-state index contributed by atoms with van der Waals surface area (Å²) in [5.41, 5.74) is 6.95. The summed E-state index contributed by atoms with van der Waals surface area (Å²) in [7, 11) is 1.50. The highest BCUT2D eigenvalue weighted by Crippen LogP contribution is 2.25. The van der Waals surface area contributed by atoms with Crippen LogP contribution in [0.25, 0.3) is 0 Å². The van der Waals surface area contributed by atoms with Gasteiger partial charge in [0.25, 0.3) is 0 Å². The van der Waals surface area contributed by atoms with E-state index in [2.05, 4.69) is 20.9 Å². The molecular formula is C13H11BrN2O2. The molecule has 2 N–H and O–H groups in total. The van der Waals surface area contributed by atoms with Gasteiger partial charge in [-0.3, -0.25) is 4.79 Å². The van der Waals surface area contributed by atoms with Crippen LogP contribution in [0.2, 0.25) is 0 Å². The molecule has 1 aromatic heterocycles. The zero-order valence-corrected chi connectivity index (χ0v) is 11.3. The standard InChI is InChI=1S/C13H11BrN2O2/c1-18-11-3-2-6-16-12(11)13(17)9-7-8(15)4-5-10(9)14/h2-7H,15H2,1H3. The van der Waals surface area contributed by atoms with Crippen molar-refractivity contribution in [1.29, 1.82) is 0 Å². The number of benzene rings is 1. The minimum Gasteiger partial charge on any atom is -0.494 e. The van der Waals surface area contributed by atoms with Crippen molar-refractivity contribution in [3.05, 3.63) is 52.3 Å². The number of nitrogens with zero attached hydrogens (tertiary/aromatic N) is 1. The first kappa shape index (κ1) is 12.6. The number of anilines is 1. The molecule has 0 aliphatic carbocycles. The van der Waals surface area contributed by atoms with Crippen LogP contribution in [0.4, 0.5) is 5.69 Å². The Hall–Kier alpha value is -1.88. The third-order valence-corrected chi connectivity index (χ3v) is 3.13. The van der Waals surface area contributed by atoms with Crippen LogP contribution in [0, 0.1) is 0 Å². The van der Waals surface area contributed by atoms with Crippen LogP contribution < -0.4 is 10.5 Å². The zero-order valence-electron chi connectivity index (χ0n) is 9.68. The van der Waals surface area contributed by atoms with Crippen LogP contribution in [0.1, 0.15) is 16.1 Å². The minimum atomic E-state index is -0.230. The number of rotatable bonds is 3. The largest absolute Gasteiger partial charge is 0.494 e. The van der Waals surface area contributed by atoms with Gasteiger partial charge in [0.05, 0.1) is 7.11 Å². The first-order valence-electron chi connectivity index (χ1n) is 5.22. The lowest BCUT2D eigenvalue weighted by atomic mass is 10.1. The molecular weight excluding hydrogens is 296 g/mol. The maximum atomic E-state index is 12.4. The van der Waals surface area contributed by atoms with E-state index in [-0.39, 0.29) is 11.5 Å². The molecule has 92 valence electrons. The Bertz CT molecular complexity index is 599. The van der Waals surface area contributed by atoms with Crippen LogP contribution in [0.3, 0.4) is 0 Å². The fourth-order valence-corrected chi connectivity index (χ4v) is 2.00. The number of hydrogen-bond donors (Lipinski definition) is 1. The van der Waals surface area contributed by atoms with Gasteiger partial charge < -0.3 is 10.5 Å². The smallest absolute Gasteiger partial charge is 0.216 e. The molecule has 0 aliphatic rings. The number of pyridine rings is 1.